The smallest absolute Gasteiger partial charge is 0.333 e. The number of ether oxygens (including phenoxy) is 5. The Bertz CT molecular complexity index is 1140. The summed E-state index contributed by atoms with van der Waals surface area (Å²) in [6.07, 6.45) is 2.48. The Labute approximate surface area is 223 Å². The van der Waals surface area contributed by atoms with Gasteiger partial charge in [0.25, 0.3) is 0 Å². The molecule has 0 aliphatic heterocycles. The van der Waals surface area contributed by atoms with E-state index in [4.69, 9.17) is 23.7 Å². The molecule has 11 heteroatoms. The predicted molar refractivity (Wildman–Crippen MR) is 141 cm³/mol. The van der Waals surface area contributed by atoms with E-state index in [-0.39, 0.29) is 36.2 Å². The fourth-order valence-corrected chi connectivity index (χ4v) is 4.09. The Hall–Kier alpha value is -2.83. The van der Waals surface area contributed by atoms with Gasteiger partial charge in [-0.2, -0.15) is 0 Å². The van der Waals surface area contributed by atoms with Gasteiger partial charge in [-0.3, -0.25) is 0 Å². The van der Waals surface area contributed by atoms with Gasteiger partial charge in [0.1, 0.15) is 5.75 Å². The van der Waals surface area contributed by atoms with E-state index in [1.807, 2.05) is 6.92 Å². The molecule has 0 saturated carbocycles. The number of hydrogen-bond acceptors (Lipinski definition) is 8. The average Bonchev–Trinajstić information content (AvgIpc) is 2.89. The molecule has 0 amide bonds. The molecule has 1 N–H and O–H groups in total. The lowest BCUT2D eigenvalue weighted by molar-refractivity contribution is -0.138. The fourth-order valence-electron chi connectivity index (χ4n) is 3.08. The summed E-state index contributed by atoms with van der Waals surface area (Å²) in [6, 6.07) is 9.86. The Balaban J connectivity index is 1.80. The Morgan fingerprint density at radius 1 is 0.921 bits per heavy atom. The maximum absolute atomic E-state index is 14.5. The number of nitrogens with one attached hydrogen (secondary N) is 1. The second-order valence-corrected chi connectivity index (χ2v) is 9.81. The standard InChI is InChI=1S/C27H36FNO8S/c1-4-13-33-15-17-35-18-16-34-14-12-29-38(31,32)24-9-7-23(8-10-24)37-26-11-6-22(20-25(26)28)19-21(3)27(30)36-5-2/h6-11,19-20,29H,4-5,12-18H2,1-3H3/b21-19+. The summed E-state index contributed by atoms with van der Waals surface area (Å²) in [5, 5.41) is 0. The molecule has 2 aromatic rings. The van der Waals surface area contributed by atoms with Crippen molar-refractivity contribution in [2.24, 2.45) is 0 Å². The summed E-state index contributed by atoms with van der Waals surface area (Å²) in [5.74, 6) is -0.889. The average molecular weight is 554 g/mol. The van der Waals surface area contributed by atoms with Crippen LogP contribution in [0, 0.1) is 5.82 Å². The minimum atomic E-state index is -3.75. The molecule has 0 radical (unpaired) electrons. The first-order chi connectivity index (χ1) is 18.3. The monoisotopic (exact) mass is 553 g/mol. The summed E-state index contributed by atoms with van der Waals surface area (Å²) in [7, 11) is -3.75. The van der Waals surface area contributed by atoms with Crippen LogP contribution in [-0.4, -0.2) is 67.2 Å². The van der Waals surface area contributed by atoms with Crippen LogP contribution in [0.1, 0.15) is 32.8 Å². The van der Waals surface area contributed by atoms with Gasteiger partial charge in [-0.15, -0.1) is 0 Å². The van der Waals surface area contributed by atoms with E-state index >= 15 is 0 Å². The van der Waals surface area contributed by atoms with Crippen LogP contribution in [0.15, 0.2) is 52.9 Å². The molecule has 0 aliphatic rings. The van der Waals surface area contributed by atoms with Crippen molar-refractivity contribution in [2.75, 3.05) is 52.8 Å². The van der Waals surface area contributed by atoms with Gasteiger partial charge in [-0.25, -0.2) is 22.3 Å². The fraction of sp³-hybridized carbons (Fsp3) is 0.444. The van der Waals surface area contributed by atoms with Gasteiger partial charge in [0.15, 0.2) is 11.6 Å². The first-order valence-corrected chi connectivity index (χ1v) is 13.9. The Kier molecular flexibility index (Phi) is 14.0. The summed E-state index contributed by atoms with van der Waals surface area (Å²) < 4.78 is 68.5. The second kappa shape index (κ2) is 16.9. The van der Waals surface area contributed by atoms with Crippen LogP contribution >= 0.6 is 0 Å². The lowest BCUT2D eigenvalue weighted by atomic mass is 10.1. The molecular weight excluding hydrogens is 517 g/mol. The van der Waals surface area contributed by atoms with Crippen LogP contribution in [0.5, 0.6) is 11.5 Å². The molecule has 9 nitrogen and oxygen atoms in total. The topological polar surface area (TPSA) is 109 Å². The van der Waals surface area contributed by atoms with Gasteiger partial charge in [0.2, 0.25) is 10.0 Å². The molecule has 2 rings (SSSR count). The third-order valence-electron chi connectivity index (χ3n) is 4.93. The lowest BCUT2D eigenvalue weighted by Gasteiger charge is -2.10. The molecule has 38 heavy (non-hydrogen) atoms. The van der Waals surface area contributed by atoms with Crippen LogP contribution < -0.4 is 9.46 Å². The minimum absolute atomic E-state index is 0.0376. The van der Waals surface area contributed by atoms with Crippen molar-refractivity contribution in [2.45, 2.75) is 32.1 Å². The summed E-state index contributed by atoms with van der Waals surface area (Å²) in [6.45, 7) is 8.35. The maximum Gasteiger partial charge on any atom is 0.333 e. The Morgan fingerprint density at radius 2 is 1.55 bits per heavy atom. The second-order valence-electron chi connectivity index (χ2n) is 8.05. The summed E-state index contributed by atoms with van der Waals surface area (Å²) in [4.78, 5) is 11.8. The number of carbonyl (C=O) groups excluding carboxylic acids is 1. The van der Waals surface area contributed by atoms with Crippen LogP contribution in [0.25, 0.3) is 6.08 Å². The van der Waals surface area contributed by atoms with Gasteiger partial charge >= 0.3 is 5.97 Å². The molecule has 0 bridgehead atoms. The summed E-state index contributed by atoms with van der Waals surface area (Å²) in [5.41, 5.74) is 0.816. The molecular formula is C27H36FNO8S. The van der Waals surface area contributed by atoms with Crippen molar-refractivity contribution in [3.63, 3.8) is 0 Å². The van der Waals surface area contributed by atoms with Gasteiger partial charge < -0.3 is 23.7 Å². The molecule has 0 unspecified atom stereocenters. The van der Waals surface area contributed by atoms with Gasteiger partial charge in [0, 0.05) is 18.7 Å². The molecule has 210 valence electrons. The Morgan fingerprint density at radius 3 is 2.16 bits per heavy atom. The number of hydrogen-bond donors (Lipinski definition) is 1. The van der Waals surface area contributed by atoms with Crippen molar-refractivity contribution in [1.29, 1.82) is 0 Å². The first-order valence-electron chi connectivity index (χ1n) is 12.4. The van der Waals surface area contributed by atoms with E-state index < -0.39 is 21.8 Å². The van der Waals surface area contributed by atoms with Crippen LogP contribution in [0.4, 0.5) is 4.39 Å². The number of esters is 1. The lowest BCUT2D eigenvalue weighted by Crippen LogP contribution is -2.27. The number of halogens is 1. The normalized spacial score (nSPS) is 11.9. The predicted octanol–water partition coefficient (Wildman–Crippen LogP) is 4.32. The minimum Gasteiger partial charge on any atom is -0.463 e. The van der Waals surface area contributed by atoms with Crippen LogP contribution in [0.3, 0.4) is 0 Å². The zero-order valence-electron chi connectivity index (χ0n) is 22.0. The number of rotatable bonds is 18. The molecule has 0 spiro atoms. The van der Waals surface area contributed by atoms with Crippen molar-refractivity contribution < 1.29 is 41.3 Å². The molecule has 0 saturated heterocycles. The number of carbonyl (C=O) groups is 1. The van der Waals surface area contributed by atoms with Gasteiger partial charge in [-0.05, 0) is 68.3 Å². The highest BCUT2D eigenvalue weighted by molar-refractivity contribution is 7.89. The third kappa shape index (κ3) is 11.3. The van der Waals surface area contributed by atoms with E-state index in [9.17, 15) is 17.6 Å². The molecule has 0 aliphatic carbocycles. The van der Waals surface area contributed by atoms with Crippen LogP contribution in [0.2, 0.25) is 0 Å². The van der Waals surface area contributed by atoms with E-state index in [0.717, 1.165) is 6.42 Å². The first kappa shape index (κ1) is 31.4. The van der Waals surface area contributed by atoms with E-state index in [1.165, 1.54) is 42.5 Å². The van der Waals surface area contributed by atoms with Crippen molar-refractivity contribution in [3.8, 4) is 11.5 Å². The zero-order valence-corrected chi connectivity index (χ0v) is 22.9. The third-order valence-corrected chi connectivity index (χ3v) is 6.41. The molecule has 0 aromatic heterocycles. The molecule has 0 heterocycles. The largest absolute Gasteiger partial charge is 0.463 e. The molecule has 2 aromatic carbocycles. The number of sulfonamides is 1. The maximum atomic E-state index is 14.5. The van der Waals surface area contributed by atoms with Crippen LogP contribution in [-0.2, 0) is 33.8 Å². The van der Waals surface area contributed by atoms with Crippen molar-refractivity contribution in [1.82, 2.24) is 4.72 Å². The van der Waals surface area contributed by atoms with Gasteiger partial charge in [0.05, 0.1) is 44.5 Å². The van der Waals surface area contributed by atoms with Crippen molar-refractivity contribution >= 4 is 22.1 Å². The molecule has 0 fully saturated rings. The van der Waals surface area contributed by atoms with E-state index in [0.29, 0.717) is 44.2 Å². The molecule has 0 atom stereocenters. The highest BCUT2D eigenvalue weighted by Gasteiger charge is 2.14. The van der Waals surface area contributed by atoms with E-state index in [2.05, 4.69) is 4.72 Å². The zero-order chi connectivity index (χ0) is 27.8. The van der Waals surface area contributed by atoms with Gasteiger partial charge in [-0.1, -0.05) is 13.0 Å². The van der Waals surface area contributed by atoms with E-state index in [1.54, 1.807) is 19.9 Å². The highest BCUT2D eigenvalue weighted by atomic mass is 32.2. The number of benzene rings is 2. The summed E-state index contributed by atoms with van der Waals surface area (Å²) >= 11 is 0. The quantitative estimate of drug-likeness (QED) is 0.165. The SMILES string of the molecule is CCCOCCOCCOCCNS(=O)(=O)c1ccc(Oc2ccc(/C=C(\C)C(=O)OCC)cc2F)cc1. The highest BCUT2D eigenvalue weighted by Crippen LogP contribution is 2.27. The van der Waals surface area contributed by atoms with Crippen molar-refractivity contribution in [3.05, 3.63) is 59.4 Å².